The molecule has 0 aliphatic heterocycles. The quantitative estimate of drug-likeness (QED) is 0.760. The highest BCUT2D eigenvalue weighted by Gasteiger charge is 2.20. The normalized spacial score (nSPS) is 10.2. The van der Waals surface area contributed by atoms with Crippen molar-refractivity contribution >= 4 is 5.78 Å². The Morgan fingerprint density at radius 3 is 2.75 bits per heavy atom. The molecule has 2 N–H and O–H groups in total. The molecule has 1 rings (SSSR count). The van der Waals surface area contributed by atoms with Gasteiger partial charge in [-0.1, -0.05) is 0 Å². The number of phenolic OH excluding ortho intramolecular Hbond substituents is 1. The Labute approximate surface area is 93.0 Å². The van der Waals surface area contributed by atoms with Gasteiger partial charge in [0, 0.05) is 0 Å². The average molecular weight is 227 g/mol. The van der Waals surface area contributed by atoms with E-state index in [4.69, 9.17) is 4.74 Å². The summed E-state index contributed by atoms with van der Waals surface area (Å²) in [6.07, 6.45) is 0. The number of carbonyl (C=O) groups excluding carboxylic acids is 1. The van der Waals surface area contributed by atoms with Crippen molar-refractivity contribution in [3.8, 4) is 11.5 Å². The van der Waals surface area contributed by atoms with Crippen molar-refractivity contribution < 1.29 is 19.0 Å². The van der Waals surface area contributed by atoms with Gasteiger partial charge in [-0.25, -0.2) is 4.39 Å². The summed E-state index contributed by atoms with van der Waals surface area (Å²) < 4.78 is 18.5. The summed E-state index contributed by atoms with van der Waals surface area (Å²) in [4.78, 5) is 11.6. The molecular formula is C11H14FNO3. The monoisotopic (exact) mass is 227 g/mol. The topological polar surface area (TPSA) is 58.6 Å². The molecule has 0 heterocycles. The van der Waals surface area contributed by atoms with Crippen LogP contribution in [0.15, 0.2) is 6.07 Å². The number of rotatable bonds is 4. The molecule has 4 nitrogen and oxygen atoms in total. The van der Waals surface area contributed by atoms with E-state index in [0.717, 1.165) is 0 Å². The third kappa shape index (κ3) is 2.14. The van der Waals surface area contributed by atoms with Gasteiger partial charge in [-0.3, -0.25) is 4.79 Å². The molecule has 0 radical (unpaired) electrons. The van der Waals surface area contributed by atoms with Gasteiger partial charge in [-0.2, -0.15) is 0 Å². The number of hydrogen-bond donors (Lipinski definition) is 2. The van der Waals surface area contributed by atoms with Gasteiger partial charge in [0.25, 0.3) is 0 Å². The van der Waals surface area contributed by atoms with Crippen LogP contribution in [0.25, 0.3) is 0 Å². The lowest BCUT2D eigenvalue weighted by molar-refractivity contribution is 0.0989. The van der Waals surface area contributed by atoms with Gasteiger partial charge in [-0.15, -0.1) is 0 Å². The van der Waals surface area contributed by atoms with Crippen LogP contribution < -0.4 is 10.1 Å². The summed E-state index contributed by atoms with van der Waals surface area (Å²) in [5.74, 6) is -1.78. The van der Waals surface area contributed by atoms with Gasteiger partial charge in [0.05, 0.1) is 19.2 Å². The van der Waals surface area contributed by atoms with Crippen LogP contribution in [-0.2, 0) is 0 Å². The van der Waals surface area contributed by atoms with Crippen molar-refractivity contribution in [3.63, 3.8) is 0 Å². The first-order chi connectivity index (χ1) is 7.52. The van der Waals surface area contributed by atoms with E-state index in [-0.39, 0.29) is 29.4 Å². The van der Waals surface area contributed by atoms with E-state index in [1.54, 1.807) is 14.0 Å². The number of carbonyl (C=O) groups is 1. The van der Waals surface area contributed by atoms with Gasteiger partial charge >= 0.3 is 0 Å². The Morgan fingerprint density at radius 2 is 2.25 bits per heavy atom. The maximum Gasteiger partial charge on any atom is 0.197 e. The van der Waals surface area contributed by atoms with E-state index in [9.17, 15) is 14.3 Å². The molecule has 0 unspecified atom stereocenters. The lowest BCUT2D eigenvalue weighted by Gasteiger charge is -2.11. The zero-order valence-corrected chi connectivity index (χ0v) is 9.43. The minimum atomic E-state index is -0.828. The summed E-state index contributed by atoms with van der Waals surface area (Å²) >= 11 is 0. The van der Waals surface area contributed by atoms with E-state index in [1.165, 1.54) is 13.2 Å². The van der Waals surface area contributed by atoms with Crippen molar-refractivity contribution in [1.82, 2.24) is 5.32 Å². The molecule has 0 bridgehead atoms. The van der Waals surface area contributed by atoms with Crippen molar-refractivity contribution in [2.75, 3.05) is 20.7 Å². The highest BCUT2D eigenvalue weighted by Crippen LogP contribution is 2.34. The van der Waals surface area contributed by atoms with Crippen LogP contribution >= 0.6 is 0 Å². The van der Waals surface area contributed by atoms with Crippen molar-refractivity contribution in [3.05, 3.63) is 23.0 Å². The van der Waals surface area contributed by atoms with E-state index in [0.29, 0.717) is 5.56 Å². The second-order valence-corrected chi connectivity index (χ2v) is 3.39. The number of methoxy groups -OCH3 is 1. The Morgan fingerprint density at radius 1 is 1.62 bits per heavy atom. The fourth-order valence-electron chi connectivity index (χ4n) is 1.40. The molecule has 16 heavy (non-hydrogen) atoms. The molecule has 0 atom stereocenters. The molecule has 88 valence electrons. The second kappa shape index (κ2) is 4.94. The predicted molar refractivity (Wildman–Crippen MR) is 57.6 cm³/mol. The minimum absolute atomic E-state index is 0.0320. The summed E-state index contributed by atoms with van der Waals surface area (Å²) in [5, 5.41) is 12.2. The van der Waals surface area contributed by atoms with Crippen LogP contribution in [-0.4, -0.2) is 31.6 Å². The smallest absolute Gasteiger partial charge is 0.197 e. The molecular weight excluding hydrogens is 213 g/mol. The van der Waals surface area contributed by atoms with Crippen molar-refractivity contribution in [2.45, 2.75) is 6.92 Å². The van der Waals surface area contributed by atoms with Gasteiger partial charge in [-0.05, 0) is 25.6 Å². The number of aromatic hydroxyl groups is 1. The first kappa shape index (κ1) is 12.4. The molecule has 0 aliphatic carbocycles. The fraction of sp³-hybridized carbons (Fsp3) is 0.364. The SMILES string of the molecule is CNCC(=O)c1cc(C)c(O)c(OC)c1F. The number of nitrogens with one attached hydrogen (secondary N) is 1. The number of halogens is 1. The molecule has 0 spiro atoms. The third-order valence-electron chi connectivity index (χ3n) is 2.23. The molecule has 1 aromatic carbocycles. The highest BCUT2D eigenvalue weighted by molar-refractivity contribution is 5.98. The number of hydrogen-bond acceptors (Lipinski definition) is 4. The lowest BCUT2D eigenvalue weighted by Crippen LogP contribution is -2.20. The zero-order chi connectivity index (χ0) is 12.3. The molecule has 0 amide bonds. The van der Waals surface area contributed by atoms with E-state index < -0.39 is 5.82 Å². The largest absolute Gasteiger partial charge is 0.504 e. The maximum absolute atomic E-state index is 13.8. The predicted octanol–water partition coefficient (Wildman–Crippen LogP) is 1.25. The maximum atomic E-state index is 13.8. The standard InChI is InChI=1S/C11H14FNO3/c1-6-4-7(8(14)5-13-2)9(12)11(16-3)10(6)15/h4,13,15H,5H2,1-3H3. The molecule has 1 aromatic rings. The van der Waals surface area contributed by atoms with Crippen LogP contribution in [0.2, 0.25) is 0 Å². The minimum Gasteiger partial charge on any atom is -0.504 e. The zero-order valence-electron chi connectivity index (χ0n) is 9.43. The van der Waals surface area contributed by atoms with Gasteiger partial charge < -0.3 is 15.2 Å². The van der Waals surface area contributed by atoms with E-state index >= 15 is 0 Å². The number of Topliss-reactive ketones (excluding diaryl/α,β-unsaturated/α-hetero) is 1. The molecule has 5 heteroatoms. The molecule has 0 saturated heterocycles. The number of ketones is 1. The van der Waals surface area contributed by atoms with Gasteiger partial charge in [0.15, 0.2) is 23.1 Å². The summed E-state index contributed by atoms with van der Waals surface area (Å²) in [5.41, 5.74) is 0.319. The summed E-state index contributed by atoms with van der Waals surface area (Å²) in [6.45, 7) is 1.61. The van der Waals surface area contributed by atoms with Crippen LogP contribution in [0.5, 0.6) is 11.5 Å². The number of benzene rings is 1. The number of aryl methyl sites for hydroxylation is 1. The van der Waals surface area contributed by atoms with E-state index in [2.05, 4.69) is 5.32 Å². The highest BCUT2D eigenvalue weighted by atomic mass is 19.1. The molecule has 0 saturated carbocycles. The van der Waals surface area contributed by atoms with Gasteiger partial charge in [0.1, 0.15) is 0 Å². The average Bonchev–Trinajstić information content (AvgIpc) is 2.24. The van der Waals surface area contributed by atoms with Crippen LogP contribution in [0.4, 0.5) is 4.39 Å². The molecule has 0 aliphatic rings. The number of phenols is 1. The lowest BCUT2D eigenvalue weighted by atomic mass is 10.0. The Hall–Kier alpha value is -1.62. The summed E-state index contributed by atoms with van der Waals surface area (Å²) in [6, 6.07) is 1.31. The second-order valence-electron chi connectivity index (χ2n) is 3.39. The Kier molecular flexibility index (Phi) is 3.84. The molecule has 0 fully saturated rings. The first-order valence-electron chi connectivity index (χ1n) is 4.76. The van der Waals surface area contributed by atoms with E-state index in [1.807, 2.05) is 0 Å². The van der Waals surface area contributed by atoms with Crippen LogP contribution in [0.3, 0.4) is 0 Å². The Balaban J connectivity index is 3.31. The van der Waals surface area contributed by atoms with Crippen LogP contribution in [0.1, 0.15) is 15.9 Å². The molecule has 0 aromatic heterocycles. The first-order valence-corrected chi connectivity index (χ1v) is 4.76. The number of ether oxygens (including phenoxy) is 1. The Bertz CT molecular complexity index is 418. The van der Waals surface area contributed by atoms with Gasteiger partial charge in [0.2, 0.25) is 0 Å². The van der Waals surface area contributed by atoms with Crippen LogP contribution in [0, 0.1) is 12.7 Å². The van der Waals surface area contributed by atoms with Crippen molar-refractivity contribution in [1.29, 1.82) is 0 Å². The third-order valence-corrected chi connectivity index (χ3v) is 2.23. The van der Waals surface area contributed by atoms with Crippen molar-refractivity contribution in [2.24, 2.45) is 0 Å². The number of likely N-dealkylation sites (N-methyl/N-ethyl adjacent to an activating group) is 1. The fourth-order valence-corrected chi connectivity index (χ4v) is 1.40. The summed E-state index contributed by atoms with van der Waals surface area (Å²) in [7, 11) is 2.84.